The van der Waals surface area contributed by atoms with E-state index in [0.717, 1.165) is 27.8 Å². The number of nitrogens with one attached hydrogen (secondary N) is 3. The number of hydrogen-bond donors (Lipinski definition) is 4. The van der Waals surface area contributed by atoms with E-state index < -0.39 is 30.0 Å². The number of carbonyl (C=O) groups is 4. The number of fused-ring (bicyclic) bond motifs is 3. The SMILES string of the molecule is CC(C)C[C@H](NC(=O)[C@H](CCCNC(=O)OCC1c2ccccc2-c2ccccc21)NC(=O)Cc1ccccc1)C(N)=O. The zero-order valence-electron chi connectivity index (χ0n) is 24.7. The minimum Gasteiger partial charge on any atom is -0.449 e. The van der Waals surface area contributed by atoms with Crippen molar-refractivity contribution >= 4 is 23.8 Å². The standard InChI is InChI=1S/C34H40N4O5/c1-22(2)19-30(32(35)40)38-33(41)29(37-31(39)20-23-11-4-3-5-12-23)17-10-18-36-34(42)43-21-28-26-15-8-6-13-24(26)25-14-7-9-16-27(25)28/h3-9,11-16,22,28-30H,10,17-21H2,1-2H3,(H2,35,40)(H,36,42)(H,37,39)(H,38,41)/t29-,30-/m0/s1. The van der Waals surface area contributed by atoms with Gasteiger partial charge in [-0.3, -0.25) is 14.4 Å². The van der Waals surface area contributed by atoms with Gasteiger partial charge in [-0.05, 0) is 53.0 Å². The first-order chi connectivity index (χ1) is 20.7. The van der Waals surface area contributed by atoms with Gasteiger partial charge in [0.25, 0.3) is 0 Å². The van der Waals surface area contributed by atoms with Crippen LogP contribution in [0.5, 0.6) is 0 Å². The highest BCUT2D eigenvalue weighted by molar-refractivity contribution is 5.92. The smallest absolute Gasteiger partial charge is 0.407 e. The summed E-state index contributed by atoms with van der Waals surface area (Å²) in [7, 11) is 0. The number of carbonyl (C=O) groups excluding carboxylic acids is 4. The predicted molar refractivity (Wildman–Crippen MR) is 165 cm³/mol. The molecular weight excluding hydrogens is 544 g/mol. The summed E-state index contributed by atoms with van der Waals surface area (Å²) in [6.45, 7) is 4.29. The lowest BCUT2D eigenvalue weighted by Gasteiger charge is -2.23. The Hall–Kier alpha value is -4.66. The number of rotatable bonds is 14. The molecule has 1 aliphatic rings. The van der Waals surface area contributed by atoms with Crippen molar-refractivity contribution in [2.75, 3.05) is 13.2 Å². The van der Waals surface area contributed by atoms with Gasteiger partial charge in [-0.2, -0.15) is 0 Å². The maximum Gasteiger partial charge on any atom is 0.407 e. The van der Waals surface area contributed by atoms with E-state index in [1.807, 2.05) is 68.4 Å². The summed E-state index contributed by atoms with van der Waals surface area (Å²) >= 11 is 0. The van der Waals surface area contributed by atoms with Crippen molar-refractivity contribution in [2.45, 2.75) is 57.5 Å². The second kappa shape index (κ2) is 15.0. The molecule has 0 aliphatic heterocycles. The zero-order valence-corrected chi connectivity index (χ0v) is 24.7. The highest BCUT2D eigenvalue weighted by Gasteiger charge is 2.29. The third-order valence-corrected chi connectivity index (χ3v) is 7.51. The molecular formula is C34H40N4O5. The fourth-order valence-corrected chi connectivity index (χ4v) is 5.43. The molecule has 3 aromatic rings. The van der Waals surface area contributed by atoms with Gasteiger partial charge >= 0.3 is 6.09 Å². The molecule has 0 bridgehead atoms. The lowest BCUT2D eigenvalue weighted by atomic mass is 9.98. The molecule has 0 aromatic heterocycles. The summed E-state index contributed by atoms with van der Waals surface area (Å²) < 4.78 is 5.59. The van der Waals surface area contributed by atoms with E-state index in [2.05, 4.69) is 40.2 Å². The van der Waals surface area contributed by atoms with Crippen LogP contribution in [0, 0.1) is 5.92 Å². The molecule has 4 amide bonds. The second-order valence-electron chi connectivity index (χ2n) is 11.3. The minimum atomic E-state index is -0.908. The molecule has 1 aliphatic carbocycles. The van der Waals surface area contributed by atoms with Crippen LogP contribution in [-0.4, -0.2) is 49.1 Å². The van der Waals surface area contributed by atoms with Crippen LogP contribution in [0.2, 0.25) is 0 Å². The van der Waals surface area contributed by atoms with E-state index in [0.29, 0.717) is 12.8 Å². The Morgan fingerprint density at radius 2 is 1.42 bits per heavy atom. The average molecular weight is 585 g/mol. The quantitative estimate of drug-likeness (QED) is 0.212. The molecule has 9 nitrogen and oxygen atoms in total. The summed E-state index contributed by atoms with van der Waals surface area (Å²) in [5.41, 5.74) is 10.9. The number of alkyl carbamates (subject to hydrolysis) is 1. The van der Waals surface area contributed by atoms with Gasteiger partial charge in [-0.1, -0.05) is 92.7 Å². The van der Waals surface area contributed by atoms with Crippen LogP contribution in [0.4, 0.5) is 4.79 Å². The molecule has 3 aromatic carbocycles. The Bertz CT molecular complexity index is 1380. The Morgan fingerprint density at radius 1 is 0.814 bits per heavy atom. The maximum absolute atomic E-state index is 13.2. The third kappa shape index (κ3) is 8.67. The molecule has 0 radical (unpaired) electrons. The molecule has 43 heavy (non-hydrogen) atoms. The van der Waals surface area contributed by atoms with Gasteiger partial charge < -0.3 is 26.4 Å². The van der Waals surface area contributed by atoms with Gasteiger partial charge in [0.05, 0.1) is 6.42 Å². The number of ether oxygens (including phenoxy) is 1. The average Bonchev–Trinajstić information content (AvgIpc) is 3.31. The summed E-state index contributed by atoms with van der Waals surface area (Å²) in [4.78, 5) is 50.5. The van der Waals surface area contributed by atoms with Gasteiger partial charge in [-0.15, -0.1) is 0 Å². The molecule has 226 valence electrons. The van der Waals surface area contributed by atoms with Crippen LogP contribution in [-0.2, 0) is 25.5 Å². The van der Waals surface area contributed by atoms with Crippen molar-refractivity contribution in [3.05, 3.63) is 95.6 Å². The molecule has 0 unspecified atom stereocenters. The van der Waals surface area contributed by atoms with Crippen molar-refractivity contribution in [2.24, 2.45) is 11.7 Å². The normalized spacial score (nSPS) is 13.4. The highest BCUT2D eigenvalue weighted by Crippen LogP contribution is 2.44. The van der Waals surface area contributed by atoms with Crippen molar-refractivity contribution in [1.82, 2.24) is 16.0 Å². The fraction of sp³-hybridized carbons (Fsp3) is 0.353. The van der Waals surface area contributed by atoms with Gasteiger partial charge in [0, 0.05) is 12.5 Å². The second-order valence-corrected chi connectivity index (χ2v) is 11.3. The molecule has 9 heteroatoms. The van der Waals surface area contributed by atoms with E-state index in [-0.39, 0.29) is 43.7 Å². The zero-order chi connectivity index (χ0) is 30.8. The first-order valence-corrected chi connectivity index (χ1v) is 14.7. The summed E-state index contributed by atoms with van der Waals surface area (Å²) in [5, 5.41) is 8.23. The fourth-order valence-electron chi connectivity index (χ4n) is 5.43. The van der Waals surface area contributed by atoms with Crippen LogP contribution >= 0.6 is 0 Å². The summed E-state index contributed by atoms with van der Waals surface area (Å²) in [5.74, 6) is -1.36. The number of hydrogen-bond acceptors (Lipinski definition) is 5. The Balaban J connectivity index is 1.30. The van der Waals surface area contributed by atoms with E-state index >= 15 is 0 Å². The maximum atomic E-state index is 13.2. The molecule has 0 spiro atoms. The summed E-state index contributed by atoms with van der Waals surface area (Å²) in [6.07, 6.45) is 0.563. The Kier molecular flexibility index (Phi) is 10.9. The van der Waals surface area contributed by atoms with Crippen LogP contribution in [0.1, 0.15) is 55.7 Å². The Labute approximate surface area is 252 Å². The van der Waals surface area contributed by atoms with Crippen molar-refractivity contribution in [3.8, 4) is 11.1 Å². The molecule has 5 N–H and O–H groups in total. The topological polar surface area (TPSA) is 140 Å². The monoisotopic (exact) mass is 584 g/mol. The van der Waals surface area contributed by atoms with Gasteiger partial charge in [0.1, 0.15) is 18.7 Å². The lowest BCUT2D eigenvalue weighted by Crippen LogP contribution is -2.53. The molecule has 2 atom stereocenters. The predicted octanol–water partition coefficient (Wildman–Crippen LogP) is 4.05. The number of nitrogens with two attached hydrogens (primary N) is 1. The van der Waals surface area contributed by atoms with E-state index in [9.17, 15) is 19.2 Å². The molecule has 0 fully saturated rings. The lowest BCUT2D eigenvalue weighted by molar-refractivity contribution is -0.131. The van der Waals surface area contributed by atoms with E-state index in [1.165, 1.54) is 0 Å². The van der Waals surface area contributed by atoms with Gasteiger partial charge in [0.2, 0.25) is 17.7 Å². The molecule has 0 heterocycles. The number of amides is 4. The van der Waals surface area contributed by atoms with E-state index in [4.69, 9.17) is 10.5 Å². The molecule has 0 saturated heterocycles. The number of primary amides is 1. The van der Waals surface area contributed by atoms with Crippen molar-refractivity contribution in [3.63, 3.8) is 0 Å². The largest absolute Gasteiger partial charge is 0.449 e. The Morgan fingerprint density at radius 3 is 2.02 bits per heavy atom. The molecule has 4 rings (SSSR count). The van der Waals surface area contributed by atoms with Crippen LogP contribution < -0.4 is 21.7 Å². The van der Waals surface area contributed by atoms with Crippen LogP contribution in [0.25, 0.3) is 11.1 Å². The third-order valence-electron chi connectivity index (χ3n) is 7.51. The minimum absolute atomic E-state index is 0.0462. The van der Waals surface area contributed by atoms with E-state index in [1.54, 1.807) is 0 Å². The number of benzene rings is 3. The first-order valence-electron chi connectivity index (χ1n) is 14.7. The van der Waals surface area contributed by atoms with Gasteiger partial charge in [0.15, 0.2) is 0 Å². The van der Waals surface area contributed by atoms with Crippen molar-refractivity contribution in [1.29, 1.82) is 0 Å². The highest BCUT2D eigenvalue weighted by atomic mass is 16.5. The van der Waals surface area contributed by atoms with Gasteiger partial charge in [-0.25, -0.2) is 4.79 Å². The van der Waals surface area contributed by atoms with Crippen molar-refractivity contribution < 1.29 is 23.9 Å². The van der Waals surface area contributed by atoms with Crippen LogP contribution in [0.3, 0.4) is 0 Å². The van der Waals surface area contributed by atoms with Crippen LogP contribution in [0.15, 0.2) is 78.9 Å². The first kappa shape index (κ1) is 31.3. The summed E-state index contributed by atoms with van der Waals surface area (Å²) in [6, 6.07) is 23.7. The molecule has 0 saturated carbocycles.